The second-order valence-corrected chi connectivity index (χ2v) is 5.49. The van der Waals surface area contributed by atoms with Crippen LogP contribution in [0.2, 0.25) is 5.15 Å². The number of fused-ring (bicyclic) bond motifs is 5. The molecule has 0 atom stereocenters. The van der Waals surface area contributed by atoms with Crippen molar-refractivity contribution in [2.75, 3.05) is 0 Å². The second kappa shape index (κ2) is 4.14. The third-order valence-electron chi connectivity index (χ3n) is 4.01. The number of carbonyl (C=O) groups is 1. The number of halogens is 1. The quantitative estimate of drug-likeness (QED) is 0.597. The van der Waals surface area contributed by atoms with E-state index in [1.54, 1.807) is 6.92 Å². The lowest BCUT2D eigenvalue weighted by Crippen LogP contribution is -2.02. The molecule has 0 N–H and O–H groups in total. The fourth-order valence-corrected chi connectivity index (χ4v) is 3.26. The maximum Gasteiger partial charge on any atom is 0.169 e. The van der Waals surface area contributed by atoms with Crippen molar-refractivity contribution in [3.63, 3.8) is 0 Å². The van der Waals surface area contributed by atoms with Crippen LogP contribution in [0, 0.1) is 6.92 Å². The van der Waals surface area contributed by atoms with Gasteiger partial charge in [0.1, 0.15) is 28.6 Å². The second-order valence-electron chi connectivity index (χ2n) is 5.13. The summed E-state index contributed by atoms with van der Waals surface area (Å²) in [5.41, 5.74) is 3.62. The molecule has 0 saturated heterocycles. The van der Waals surface area contributed by atoms with Gasteiger partial charge < -0.3 is 9.09 Å². The summed E-state index contributed by atoms with van der Waals surface area (Å²) >= 11 is 6.26. The van der Waals surface area contributed by atoms with Crippen molar-refractivity contribution in [3.05, 3.63) is 28.5 Å². The van der Waals surface area contributed by atoms with Gasteiger partial charge in [-0.05, 0) is 13.3 Å². The van der Waals surface area contributed by atoms with E-state index in [0.29, 0.717) is 35.0 Å². The van der Waals surface area contributed by atoms with Crippen LogP contribution in [0.25, 0.3) is 22.3 Å². The molecule has 0 radical (unpaired) electrons. The van der Waals surface area contributed by atoms with Crippen molar-refractivity contribution in [1.82, 2.24) is 19.7 Å². The Balaban J connectivity index is 2.21. The minimum absolute atomic E-state index is 0.0427. The maximum atomic E-state index is 12.3. The van der Waals surface area contributed by atoms with Crippen molar-refractivity contribution in [2.45, 2.75) is 19.8 Å². The highest BCUT2D eigenvalue weighted by atomic mass is 35.5. The van der Waals surface area contributed by atoms with Crippen LogP contribution in [0.1, 0.15) is 28.2 Å². The molecule has 0 aromatic carbocycles. The van der Waals surface area contributed by atoms with Crippen LogP contribution in [0.5, 0.6) is 0 Å². The summed E-state index contributed by atoms with van der Waals surface area (Å²) in [6, 6.07) is 0. The van der Waals surface area contributed by atoms with Gasteiger partial charge in [-0.25, -0.2) is 9.97 Å². The van der Waals surface area contributed by atoms with E-state index in [1.807, 2.05) is 11.6 Å². The number of rotatable bonds is 0. The number of aryl methyl sites for hydroxylation is 2. The number of hydrogen-bond donors (Lipinski definition) is 0. The Morgan fingerprint density at radius 2 is 2.10 bits per heavy atom. The van der Waals surface area contributed by atoms with Gasteiger partial charge >= 0.3 is 0 Å². The molecule has 3 aromatic heterocycles. The highest BCUT2D eigenvalue weighted by Crippen LogP contribution is 2.41. The zero-order chi connectivity index (χ0) is 14.7. The molecule has 0 unspecified atom stereocenters. The summed E-state index contributed by atoms with van der Waals surface area (Å²) in [5.74, 6) is 0.578. The van der Waals surface area contributed by atoms with Gasteiger partial charge in [-0.2, -0.15) is 0 Å². The van der Waals surface area contributed by atoms with Crippen LogP contribution in [-0.2, 0) is 13.5 Å². The normalized spacial score (nSPS) is 14.1. The molecular weight excluding hydrogens is 292 g/mol. The SMILES string of the molecule is Cc1onc2c1C(=O)CCc1c-2c2c(Cl)ncnc2n1C. The molecule has 1 aliphatic carbocycles. The molecule has 6 nitrogen and oxygen atoms in total. The van der Waals surface area contributed by atoms with E-state index in [4.69, 9.17) is 16.1 Å². The largest absolute Gasteiger partial charge is 0.360 e. The van der Waals surface area contributed by atoms with Crippen molar-refractivity contribution in [3.8, 4) is 11.3 Å². The minimum Gasteiger partial charge on any atom is -0.360 e. The number of aromatic nitrogens is 4. The lowest BCUT2D eigenvalue weighted by atomic mass is 10.0. The van der Waals surface area contributed by atoms with Gasteiger partial charge in [0, 0.05) is 24.7 Å². The first-order chi connectivity index (χ1) is 10.1. The molecule has 21 heavy (non-hydrogen) atoms. The molecular formula is C14H11ClN4O2. The van der Waals surface area contributed by atoms with Gasteiger partial charge in [0.05, 0.1) is 10.9 Å². The minimum atomic E-state index is 0.0427. The lowest BCUT2D eigenvalue weighted by Gasteiger charge is -2.01. The molecule has 0 aliphatic heterocycles. The van der Waals surface area contributed by atoms with Crippen LogP contribution in [0.4, 0.5) is 0 Å². The smallest absolute Gasteiger partial charge is 0.169 e. The molecule has 0 spiro atoms. The molecule has 3 heterocycles. The van der Waals surface area contributed by atoms with E-state index in [1.165, 1.54) is 6.33 Å². The molecule has 0 fully saturated rings. The number of ketones is 1. The van der Waals surface area contributed by atoms with Gasteiger partial charge in [0.25, 0.3) is 0 Å². The van der Waals surface area contributed by atoms with E-state index >= 15 is 0 Å². The van der Waals surface area contributed by atoms with Crippen LogP contribution >= 0.6 is 11.6 Å². The molecule has 106 valence electrons. The number of nitrogens with zero attached hydrogens (tertiary/aromatic N) is 4. The van der Waals surface area contributed by atoms with Gasteiger partial charge in [0.15, 0.2) is 5.78 Å². The summed E-state index contributed by atoms with van der Waals surface area (Å²) in [5, 5.41) is 5.17. The summed E-state index contributed by atoms with van der Waals surface area (Å²) in [6.45, 7) is 1.75. The van der Waals surface area contributed by atoms with Gasteiger partial charge in [-0.1, -0.05) is 16.8 Å². The third-order valence-corrected chi connectivity index (χ3v) is 4.30. The molecule has 7 heteroatoms. The molecule has 3 aromatic rings. The van der Waals surface area contributed by atoms with Crippen molar-refractivity contribution in [1.29, 1.82) is 0 Å². The monoisotopic (exact) mass is 302 g/mol. The summed E-state index contributed by atoms with van der Waals surface area (Å²) in [6.07, 6.45) is 2.47. The average molecular weight is 303 g/mol. The molecule has 0 saturated carbocycles. The topological polar surface area (TPSA) is 73.8 Å². The van der Waals surface area contributed by atoms with E-state index in [-0.39, 0.29) is 5.78 Å². The Hall–Kier alpha value is -2.21. The number of hydrogen-bond acceptors (Lipinski definition) is 5. The average Bonchev–Trinajstić information content (AvgIpc) is 2.91. The Kier molecular flexibility index (Phi) is 2.47. The van der Waals surface area contributed by atoms with Crippen molar-refractivity contribution >= 4 is 28.4 Å². The Labute approximate surface area is 124 Å². The van der Waals surface area contributed by atoms with Crippen LogP contribution in [-0.4, -0.2) is 25.5 Å². The van der Waals surface area contributed by atoms with Gasteiger partial charge in [-0.15, -0.1) is 0 Å². The zero-order valence-electron chi connectivity index (χ0n) is 11.5. The first-order valence-electron chi connectivity index (χ1n) is 6.57. The zero-order valence-corrected chi connectivity index (χ0v) is 12.2. The van der Waals surface area contributed by atoms with E-state index in [9.17, 15) is 4.79 Å². The van der Waals surface area contributed by atoms with E-state index in [2.05, 4.69) is 15.1 Å². The summed E-state index contributed by atoms with van der Waals surface area (Å²) in [4.78, 5) is 20.7. The van der Waals surface area contributed by atoms with Crippen molar-refractivity contribution in [2.24, 2.45) is 7.05 Å². The Morgan fingerprint density at radius 1 is 1.29 bits per heavy atom. The number of carbonyl (C=O) groups excluding carboxylic acids is 1. The van der Waals surface area contributed by atoms with E-state index < -0.39 is 0 Å². The summed E-state index contributed by atoms with van der Waals surface area (Å²) < 4.78 is 7.18. The van der Waals surface area contributed by atoms with Crippen LogP contribution in [0.15, 0.2) is 10.9 Å². The molecule has 4 rings (SSSR count). The Morgan fingerprint density at radius 3 is 2.90 bits per heavy atom. The molecule has 0 bridgehead atoms. The fourth-order valence-electron chi connectivity index (χ4n) is 3.04. The number of Topliss-reactive ketones (excluding diaryl/α,β-unsaturated/α-hetero) is 1. The van der Waals surface area contributed by atoms with Crippen LogP contribution in [0.3, 0.4) is 0 Å². The first-order valence-corrected chi connectivity index (χ1v) is 6.95. The fraction of sp³-hybridized carbons (Fsp3) is 0.286. The lowest BCUT2D eigenvalue weighted by molar-refractivity contribution is 0.0982. The Bertz CT molecular complexity index is 909. The van der Waals surface area contributed by atoms with Gasteiger partial charge in [0.2, 0.25) is 0 Å². The highest BCUT2D eigenvalue weighted by Gasteiger charge is 2.31. The van der Waals surface area contributed by atoms with Gasteiger partial charge in [-0.3, -0.25) is 4.79 Å². The van der Waals surface area contributed by atoms with Crippen molar-refractivity contribution < 1.29 is 9.32 Å². The van der Waals surface area contributed by atoms with E-state index in [0.717, 1.165) is 22.3 Å². The third kappa shape index (κ3) is 1.53. The first kappa shape index (κ1) is 12.5. The van der Waals surface area contributed by atoms with Crippen LogP contribution < -0.4 is 0 Å². The predicted octanol–water partition coefficient (Wildman–Crippen LogP) is 2.71. The molecule has 1 aliphatic rings. The predicted molar refractivity (Wildman–Crippen MR) is 76.4 cm³/mol. The maximum absolute atomic E-state index is 12.3. The highest BCUT2D eigenvalue weighted by molar-refractivity contribution is 6.35. The molecule has 0 amide bonds. The summed E-state index contributed by atoms with van der Waals surface area (Å²) in [7, 11) is 1.91. The standard InChI is InChI=1S/C14H11ClN4O2/c1-6-9-8(20)4-3-7-10(12(9)18-21-6)11-13(15)16-5-17-14(11)19(7)2/h5H,3-4H2,1-2H3.